The van der Waals surface area contributed by atoms with Crippen molar-refractivity contribution in [3.05, 3.63) is 33.1 Å². The molecule has 0 unspecified atom stereocenters. The number of halogens is 1. The average Bonchev–Trinajstić information content (AvgIpc) is 2.85. The smallest absolute Gasteiger partial charge is 0.293 e. The van der Waals surface area contributed by atoms with E-state index in [0.717, 1.165) is 40.6 Å². The van der Waals surface area contributed by atoms with Crippen LogP contribution in [0.4, 0.5) is 10.5 Å². The summed E-state index contributed by atoms with van der Waals surface area (Å²) in [7, 11) is 1.60. The molecule has 0 aromatic heterocycles. The number of amides is 2. The lowest BCUT2D eigenvalue weighted by atomic mass is 10.1. The molecule has 1 aromatic carbocycles. The minimum atomic E-state index is -0.227. The zero-order chi connectivity index (χ0) is 18.4. The molecule has 0 spiro atoms. The van der Waals surface area contributed by atoms with Gasteiger partial charge in [0.2, 0.25) is 0 Å². The molecule has 0 radical (unpaired) electrons. The van der Waals surface area contributed by atoms with Gasteiger partial charge in [0, 0.05) is 37.8 Å². The first-order valence-corrected chi connectivity index (χ1v) is 9.91. The van der Waals surface area contributed by atoms with Crippen LogP contribution in [0, 0.1) is 0 Å². The minimum Gasteiger partial charge on any atom is -0.385 e. The van der Waals surface area contributed by atoms with Crippen molar-refractivity contribution in [3.8, 4) is 0 Å². The van der Waals surface area contributed by atoms with Crippen LogP contribution in [0.15, 0.2) is 27.6 Å². The van der Waals surface area contributed by atoms with E-state index in [4.69, 9.17) is 4.74 Å². The lowest BCUT2D eigenvalue weighted by Gasteiger charge is -2.22. The Kier molecular flexibility index (Phi) is 7.53. The van der Waals surface area contributed by atoms with E-state index in [0.29, 0.717) is 24.5 Å². The van der Waals surface area contributed by atoms with Crippen molar-refractivity contribution in [1.82, 2.24) is 4.90 Å². The van der Waals surface area contributed by atoms with Crippen LogP contribution in [0.25, 0.3) is 6.08 Å². The first-order chi connectivity index (χ1) is 12.0. The lowest BCUT2D eigenvalue weighted by Crippen LogP contribution is -2.29. The fraction of sp³-hybridized carbons (Fsp3) is 0.444. The van der Waals surface area contributed by atoms with Crippen molar-refractivity contribution in [1.29, 1.82) is 0 Å². The van der Waals surface area contributed by atoms with Crippen LogP contribution in [0.3, 0.4) is 0 Å². The summed E-state index contributed by atoms with van der Waals surface area (Å²) < 4.78 is 5.95. The topological polar surface area (TPSA) is 49.9 Å². The number of imide groups is 1. The standard InChI is InChI=1S/C18H23BrN2O3S/c1-4-20(5-2)15-8-7-13(11-14(15)19)12-16-17(22)21(18(23)25-16)9-6-10-24-3/h7-8,11-12H,4-6,9-10H2,1-3H3/b16-12+. The van der Waals surface area contributed by atoms with Gasteiger partial charge in [-0.25, -0.2) is 0 Å². The van der Waals surface area contributed by atoms with Gasteiger partial charge in [0.15, 0.2) is 0 Å². The highest BCUT2D eigenvalue weighted by Crippen LogP contribution is 2.34. The number of carbonyl (C=O) groups excluding carboxylic acids is 2. The maximum absolute atomic E-state index is 12.4. The molecule has 0 bridgehead atoms. The van der Waals surface area contributed by atoms with Crippen molar-refractivity contribution >= 4 is 50.6 Å². The Balaban J connectivity index is 2.16. The molecule has 2 amide bonds. The van der Waals surface area contributed by atoms with E-state index in [1.807, 2.05) is 18.2 Å². The monoisotopic (exact) mass is 426 g/mol. The molecule has 2 rings (SSSR count). The molecule has 5 nitrogen and oxygen atoms in total. The summed E-state index contributed by atoms with van der Waals surface area (Å²) in [5.74, 6) is -0.227. The highest BCUT2D eigenvalue weighted by atomic mass is 79.9. The molecular formula is C18H23BrN2O3S. The maximum atomic E-state index is 12.4. The predicted molar refractivity (Wildman–Crippen MR) is 107 cm³/mol. The largest absolute Gasteiger partial charge is 0.385 e. The van der Waals surface area contributed by atoms with E-state index in [-0.39, 0.29) is 11.1 Å². The number of rotatable bonds is 8. The summed E-state index contributed by atoms with van der Waals surface area (Å²) in [6, 6.07) is 5.98. The maximum Gasteiger partial charge on any atom is 0.293 e. The van der Waals surface area contributed by atoms with Crippen molar-refractivity contribution < 1.29 is 14.3 Å². The third kappa shape index (κ3) is 4.86. The number of hydrogen-bond acceptors (Lipinski definition) is 5. The van der Waals surface area contributed by atoms with E-state index in [1.54, 1.807) is 13.2 Å². The average molecular weight is 427 g/mol. The molecule has 0 saturated carbocycles. The lowest BCUT2D eigenvalue weighted by molar-refractivity contribution is -0.122. The Morgan fingerprint density at radius 3 is 2.60 bits per heavy atom. The summed E-state index contributed by atoms with van der Waals surface area (Å²) in [6.45, 7) is 7.00. The third-order valence-electron chi connectivity index (χ3n) is 3.98. The molecule has 0 aliphatic carbocycles. The number of benzene rings is 1. The second kappa shape index (κ2) is 9.40. The van der Waals surface area contributed by atoms with Crippen LogP contribution in [-0.4, -0.2) is 49.4 Å². The van der Waals surface area contributed by atoms with Gasteiger partial charge in [-0.1, -0.05) is 6.07 Å². The molecule has 1 heterocycles. The molecule has 1 fully saturated rings. The zero-order valence-corrected chi connectivity index (χ0v) is 17.2. The molecule has 0 atom stereocenters. The Morgan fingerprint density at radius 2 is 2.00 bits per heavy atom. The number of nitrogens with zero attached hydrogens (tertiary/aromatic N) is 2. The zero-order valence-electron chi connectivity index (χ0n) is 14.8. The van der Waals surface area contributed by atoms with Crippen LogP contribution < -0.4 is 4.90 Å². The van der Waals surface area contributed by atoms with Crippen LogP contribution in [0.1, 0.15) is 25.8 Å². The quantitative estimate of drug-likeness (QED) is 0.456. The number of hydrogen-bond donors (Lipinski definition) is 0. The molecule has 1 aromatic rings. The van der Waals surface area contributed by atoms with Crippen molar-refractivity contribution in [2.75, 3.05) is 38.3 Å². The summed E-state index contributed by atoms with van der Waals surface area (Å²) in [5, 5.41) is -0.216. The van der Waals surface area contributed by atoms with Gasteiger partial charge in [-0.05, 0) is 71.7 Å². The van der Waals surface area contributed by atoms with E-state index < -0.39 is 0 Å². The van der Waals surface area contributed by atoms with Gasteiger partial charge in [0.1, 0.15) is 0 Å². The fourth-order valence-corrected chi connectivity index (χ4v) is 4.16. The number of thioether (sulfide) groups is 1. The van der Waals surface area contributed by atoms with Crippen molar-refractivity contribution in [3.63, 3.8) is 0 Å². The van der Waals surface area contributed by atoms with Crippen molar-refractivity contribution in [2.45, 2.75) is 20.3 Å². The van der Waals surface area contributed by atoms with E-state index in [2.05, 4.69) is 34.7 Å². The molecule has 7 heteroatoms. The second-order valence-electron chi connectivity index (χ2n) is 5.56. The molecule has 25 heavy (non-hydrogen) atoms. The van der Waals surface area contributed by atoms with Crippen LogP contribution in [0.5, 0.6) is 0 Å². The molecule has 136 valence electrons. The summed E-state index contributed by atoms with van der Waals surface area (Å²) >= 11 is 4.60. The van der Waals surface area contributed by atoms with Crippen molar-refractivity contribution in [2.24, 2.45) is 0 Å². The highest BCUT2D eigenvalue weighted by molar-refractivity contribution is 9.10. The van der Waals surface area contributed by atoms with Gasteiger partial charge < -0.3 is 9.64 Å². The molecule has 1 saturated heterocycles. The Bertz CT molecular complexity index is 674. The Morgan fingerprint density at radius 1 is 1.28 bits per heavy atom. The predicted octanol–water partition coefficient (Wildman–Crippen LogP) is 4.37. The van der Waals surface area contributed by atoms with Gasteiger partial charge in [-0.15, -0.1) is 0 Å². The minimum absolute atomic E-state index is 0.216. The van der Waals surface area contributed by atoms with E-state index in [9.17, 15) is 9.59 Å². The van der Waals surface area contributed by atoms with E-state index in [1.165, 1.54) is 4.90 Å². The molecule has 1 aliphatic rings. The number of methoxy groups -OCH3 is 1. The molecule has 1 aliphatic heterocycles. The van der Waals surface area contributed by atoms with Gasteiger partial charge in [-0.3, -0.25) is 14.5 Å². The van der Waals surface area contributed by atoms with Gasteiger partial charge >= 0.3 is 0 Å². The molecular weight excluding hydrogens is 404 g/mol. The fourth-order valence-electron chi connectivity index (χ4n) is 2.64. The van der Waals surface area contributed by atoms with Gasteiger partial charge in [0.25, 0.3) is 11.1 Å². The number of ether oxygens (including phenoxy) is 1. The summed E-state index contributed by atoms with van der Waals surface area (Å²) in [5.41, 5.74) is 2.01. The number of anilines is 1. The molecule has 0 N–H and O–H groups in total. The third-order valence-corrected chi connectivity index (χ3v) is 5.52. The SMILES string of the molecule is CCN(CC)c1ccc(/C=C2/SC(=O)N(CCCOC)C2=O)cc1Br. The first-order valence-electron chi connectivity index (χ1n) is 8.30. The first kappa shape index (κ1) is 20.0. The van der Waals surface area contributed by atoms with Gasteiger partial charge in [-0.2, -0.15) is 0 Å². The van der Waals surface area contributed by atoms with Crippen LogP contribution >= 0.6 is 27.7 Å². The normalized spacial score (nSPS) is 16.2. The summed E-state index contributed by atoms with van der Waals surface area (Å²) in [6.07, 6.45) is 2.42. The Hall–Kier alpha value is -1.31. The van der Waals surface area contributed by atoms with E-state index >= 15 is 0 Å². The van der Waals surface area contributed by atoms with Crippen LogP contribution in [-0.2, 0) is 9.53 Å². The van der Waals surface area contributed by atoms with Gasteiger partial charge in [0.05, 0.1) is 10.6 Å². The summed E-state index contributed by atoms with van der Waals surface area (Å²) in [4.78, 5) is 28.5. The second-order valence-corrected chi connectivity index (χ2v) is 7.41. The highest BCUT2D eigenvalue weighted by Gasteiger charge is 2.34. The van der Waals surface area contributed by atoms with Crippen LogP contribution in [0.2, 0.25) is 0 Å². The Labute approximate surface area is 161 Å². The number of carbonyl (C=O) groups is 2.